The number of hydrogen-bond acceptors (Lipinski definition) is 8. The Balaban J connectivity index is 0.000000288. The minimum atomic E-state index is 0.0417. The van der Waals surface area contributed by atoms with Gasteiger partial charge in [0, 0.05) is 6.61 Å². The largest absolute Gasteiger partial charge is 0.394 e. The molecule has 86 valence electrons. The number of nitrogens with zero attached hydrogens (tertiary/aromatic N) is 3. The van der Waals surface area contributed by atoms with Crippen molar-refractivity contribution in [2.45, 2.75) is 6.92 Å². The summed E-state index contributed by atoms with van der Waals surface area (Å²) in [5.41, 5.74) is 15.4. The Morgan fingerprint density at radius 2 is 1.47 bits per heavy atom. The van der Waals surface area contributed by atoms with Crippen LogP contribution < -0.4 is 17.2 Å². The molecule has 0 fully saturated rings. The van der Waals surface area contributed by atoms with E-state index in [1.165, 1.54) is 0 Å². The lowest BCUT2D eigenvalue weighted by Crippen LogP contribution is -2.05. The van der Waals surface area contributed by atoms with E-state index < -0.39 is 0 Å². The standard InChI is InChI=1S/C4H10O2.C3H6N6/c1-2-6-4-3-5;4-1-7-2(5)9-3(6)8-1/h5H,2-4H2,1H3;(H6,4,5,6,7,8,9). The summed E-state index contributed by atoms with van der Waals surface area (Å²) in [6.45, 7) is 3.20. The molecule has 0 aliphatic carbocycles. The maximum atomic E-state index is 8.07. The summed E-state index contributed by atoms with van der Waals surface area (Å²) in [4.78, 5) is 10.5. The molecule has 15 heavy (non-hydrogen) atoms. The Bertz CT molecular complexity index is 228. The molecule has 1 aromatic rings. The van der Waals surface area contributed by atoms with Crippen LogP contribution >= 0.6 is 0 Å². The lowest BCUT2D eigenvalue weighted by molar-refractivity contribution is 0.102. The molecule has 0 bridgehead atoms. The Labute approximate surface area is 87.5 Å². The minimum absolute atomic E-state index is 0.0417. The number of aliphatic hydroxyl groups is 1. The highest BCUT2D eigenvalue weighted by molar-refractivity contribution is 5.33. The van der Waals surface area contributed by atoms with Crippen LogP contribution in [0.2, 0.25) is 0 Å². The van der Waals surface area contributed by atoms with E-state index in [1.54, 1.807) is 0 Å². The lowest BCUT2D eigenvalue weighted by Gasteiger charge is -1.93. The van der Waals surface area contributed by atoms with Crippen LogP contribution in [-0.4, -0.2) is 39.9 Å². The first-order valence-electron chi connectivity index (χ1n) is 4.31. The Hall–Kier alpha value is -1.67. The fraction of sp³-hybridized carbons (Fsp3) is 0.571. The molecule has 0 aliphatic heterocycles. The molecule has 8 heteroatoms. The third-order valence-electron chi connectivity index (χ3n) is 1.13. The molecule has 1 heterocycles. The van der Waals surface area contributed by atoms with Gasteiger partial charge in [-0.1, -0.05) is 0 Å². The van der Waals surface area contributed by atoms with E-state index in [9.17, 15) is 0 Å². The summed E-state index contributed by atoms with van der Waals surface area (Å²) in [5.74, 6) is 0.125. The number of aromatic nitrogens is 3. The number of hydrogen-bond donors (Lipinski definition) is 4. The van der Waals surface area contributed by atoms with E-state index in [4.69, 9.17) is 27.0 Å². The number of aliphatic hydroxyl groups excluding tert-OH is 1. The zero-order valence-corrected chi connectivity index (χ0v) is 8.55. The molecule has 0 amide bonds. The van der Waals surface area contributed by atoms with Crippen LogP contribution in [0.15, 0.2) is 0 Å². The first kappa shape index (κ1) is 13.3. The molecule has 1 aromatic heterocycles. The third-order valence-corrected chi connectivity index (χ3v) is 1.13. The zero-order valence-electron chi connectivity index (χ0n) is 8.55. The third kappa shape index (κ3) is 7.40. The van der Waals surface area contributed by atoms with Gasteiger partial charge in [0.2, 0.25) is 17.8 Å². The van der Waals surface area contributed by atoms with Crippen LogP contribution in [0.5, 0.6) is 0 Å². The molecule has 1 rings (SSSR count). The van der Waals surface area contributed by atoms with E-state index in [-0.39, 0.29) is 24.5 Å². The second-order valence-electron chi connectivity index (χ2n) is 2.33. The average Bonchev–Trinajstić information content (AvgIpc) is 2.13. The Morgan fingerprint density at radius 3 is 1.67 bits per heavy atom. The number of anilines is 3. The van der Waals surface area contributed by atoms with Gasteiger partial charge in [-0.15, -0.1) is 0 Å². The van der Waals surface area contributed by atoms with Crippen LogP contribution in [0, 0.1) is 0 Å². The first-order chi connectivity index (χ1) is 7.10. The van der Waals surface area contributed by atoms with Gasteiger partial charge in [-0.25, -0.2) is 0 Å². The van der Waals surface area contributed by atoms with E-state index in [0.717, 1.165) is 0 Å². The molecule has 0 aliphatic rings. The van der Waals surface area contributed by atoms with Gasteiger partial charge in [-0.2, -0.15) is 15.0 Å². The van der Waals surface area contributed by atoms with E-state index >= 15 is 0 Å². The van der Waals surface area contributed by atoms with Crippen molar-refractivity contribution in [2.24, 2.45) is 0 Å². The summed E-state index contributed by atoms with van der Waals surface area (Å²) < 4.78 is 4.73. The monoisotopic (exact) mass is 216 g/mol. The fourth-order valence-electron chi connectivity index (χ4n) is 0.636. The van der Waals surface area contributed by atoms with Crippen molar-refractivity contribution < 1.29 is 9.84 Å². The quantitative estimate of drug-likeness (QED) is 0.453. The van der Waals surface area contributed by atoms with Gasteiger partial charge in [-0.05, 0) is 6.92 Å². The van der Waals surface area contributed by atoms with Gasteiger partial charge >= 0.3 is 0 Å². The molecule has 0 aromatic carbocycles. The second kappa shape index (κ2) is 7.71. The highest BCUT2D eigenvalue weighted by Gasteiger charge is 1.93. The molecule has 8 nitrogen and oxygen atoms in total. The molecule has 0 saturated heterocycles. The van der Waals surface area contributed by atoms with Gasteiger partial charge in [0.25, 0.3) is 0 Å². The number of ether oxygens (including phenoxy) is 1. The predicted octanol–water partition coefficient (Wildman–Crippen LogP) is -1.37. The summed E-state index contributed by atoms with van der Waals surface area (Å²) in [6, 6.07) is 0. The van der Waals surface area contributed by atoms with Gasteiger partial charge in [0.05, 0.1) is 13.2 Å². The first-order valence-corrected chi connectivity index (χ1v) is 4.31. The van der Waals surface area contributed by atoms with E-state index in [0.29, 0.717) is 13.2 Å². The van der Waals surface area contributed by atoms with Crippen molar-refractivity contribution in [3.05, 3.63) is 0 Å². The van der Waals surface area contributed by atoms with Crippen LogP contribution in [0.1, 0.15) is 6.92 Å². The van der Waals surface area contributed by atoms with Crippen LogP contribution in [0.25, 0.3) is 0 Å². The van der Waals surface area contributed by atoms with Gasteiger partial charge in [-0.3, -0.25) is 0 Å². The van der Waals surface area contributed by atoms with Gasteiger partial charge < -0.3 is 27.0 Å². The SMILES string of the molecule is CCOCCO.Nc1nc(N)nc(N)n1. The van der Waals surface area contributed by atoms with Crippen molar-refractivity contribution in [1.82, 2.24) is 15.0 Å². The summed E-state index contributed by atoms with van der Waals surface area (Å²) in [6.07, 6.45) is 0. The molecular weight excluding hydrogens is 200 g/mol. The van der Waals surface area contributed by atoms with E-state index in [1.807, 2.05) is 6.92 Å². The van der Waals surface area contributed by atoms with Crippen molar-refractivity contribution in [3.63, 3.8) is 0 Å². The molecule has 0 spiro atoms. The number of rotatable bonds is 3. The highest BCUT2D eigenvalue weighted by Crippen LogP contribution is 1.97. The molecule has 7 N–H and O–H groups in total. The van der Waals surface area contributed by atoms with Crippen LogP contribution in [-0.2, 0) is 4.74 Å². The average molecular weight is 216 g/mol. The fourth-order valence-corrected chi connectivity index (χ4v) is 0.636. The molecule has 0 unspecified atom stereocenters. The molecule has 0 atom stereocenters. The Morgan fingerprint density at radius 1 is 1.07 bits per heavy atom. The summed E-state index contributed by atoms with van der Waals surface area (Å²) in [7, 11) is 0. The van der Waals surface area contributed by atoms with Crippen molar-refractivity contribution in [1.29, 1.82) is 0 Å². The van der Waals surface area contributed by atoms with Crippen molar-refractivity contribution in [3.8, 4) is 0 Å². The van der Waals surface area contributed by atoms with Crippen molar-refractivity contribution in [2.75, 3.05) is 37.0 Å². The molecule has 0 radical (unpaired) electrons. The number of nitrogens with two attached hydrogens (primary N) is 3. The summed E-state index contributed by atoms with van der Waals surface area (Å²) in [5, 5.41) is 8.07. The molecule has 0 saturated carbocycles. The minimum Gasteiger partial charge on any atom is -0.394 e. The normalized spacial score (nSPS) is 9.20. The number of nitrogen functional groups attached to an aromatic ring is 3. The maximum absolute atomic E-state index is 8.07. The van der Waals surface area contributed by atoms with Gasteiger partial charge in [0.15, 0.2) is 0 Å². The van der Waals surface area contributed by atoms with E-state index in [2.05, 4.69) is 15.0 Å². The molecular formula is C7H16N6O2. The summed E-state index contributed by atoms with van der Waals surface area (Å²) >= 11 is 0. The Kier molecular flexibility index (Phi) is 6.85. The van der Waals surface area contributed by atoms with Crippen LogP contribution in [0.3, 0.4) is 0 Å². The topological polar surface area (TPSA) is 146 Å². The maximum Gasteiger partial charge on any atom is 0.226 e. The second-order valence-corrected chi connectivity index (χ2v) is 2.33. The van der Waals surface area contributed by atoms with Gasteiger partial charge in [0.1, 0.15) is 0 Å². The highest BCUT2D eigenvalue weighted by atomic mass is 16.5. The smallest absolute Gasteiger partial charge is 0.226 e. The van der Waals surface area contributed by atoms with Crippen molar-refractivity contribution >= 4 is 17.8 Å². The zero-order chi connectivity index (χ0) is 11.7. The lowest BCUT2D eigenvalue weighted by atomic mass is 10.8. The predicted molar refractivity (Wildman–Crippen MR) is 56.6 cm³/mol. The van der Waals surface area contributed by atoms with Crippen LogP contribution in [0.4, 0.5) is 17.8 Å².